The van der Waals surface area contributed by atoms with E-state index in [0.717, 1.165) is 30.2 Å². The van der Waals surface area contributed by atoms with Crippen LogP contribution >= 0.6 is 24.0 Å². The molecule has 0 radical (unpaired) electrons. The lowest BCUT2D eigenvalue weighted by Gasteiger charge is -2.22. The first kappa shape index (κ1) is 18.5. The quantitative estimate of drug-likeness (QED) is 0.589. The average Bonchev–Trinajstić information content (AvgIpc) is 2.83. The highest BCUT2D eigenvalue weighted by Crippen LogP contribution is 2.36. The van der Waals surface area contributed by atoms with Gasteiger partial charge in [-0.05, 0) is 18.6 Å². The smallest absolute Gasteiger partial charge is 0.326 e. The van der Waals surface area contributed by atoms with Crippen molar-refractivity contribution in [3.05, 3.63) is 34.7 Å². The predicted molar refractivity (Wildman–Crippen MR) is 99.0 cm³/mol. The van der Waals surface area contributed by atoms with Gasteiger partial charge >= 0.3 is 5.97 Å². The van der Waals surface area contributed by atoms with E-state index in [0.29, 0.717) is 17.1 Å². The molecule has 7 heteroatoms. The van der Waals surface area contributed by atoms with E-state index in [1.165, 1.54) is 4.90 Å². The van der Waals surface area contributed by atoms with Crippen molar-refractivity contribution in [2.75, 3.05) is 7.11 Å². The van der Waals surface area contributed by atoms with Gasteiger partial charge in [-0.25, -0.2) is 4.79 Å². The van der Waals surface area contributed by atoms with Crippen LogP contribution < -0.4 is 4.74 Å². The second kappa shape index (κ2) is 8.30. The van der Waals surface area contributed by atoms with Gasteiger partial charge in [0.2, 0.25) is 0 Å². The third-order valence-corrected chi connectivity index (χ3v) is 5.01. The number of carboxylic acid groups (broad SMARTS) is 1. The summed E-state index contributed by atoms with van der Waals surface area (Å²) in [6, 6.07) is 6.40. The summed E-state index contributed by atoms with van der Waals surface area (Å²) >= 11 is 6.38. The largest absolute Gasteiger partial charge is 0.496 e. The molecule has 1 aliphatic rings. The predicted octanol–water partition coefficient (Wildman–Crippen LogP) is 3.54. The van der Waals surface area contributed by atoms with Crippen LogP contribution in [0.15, 0.2) is 29.2 Å². The fraction of sp³-hybridized carbons (Fsp3) is 0.353. The Morgan fingerprint density at radius 2 is 2.17 bits per heavy atom. The first-order valence-electron chi connectivity index (χ1n) is 7.62. The number of para-hydroxylation sites is 1. The zero-order chi connectivity index (χ0) is 17.7. The normalized spacial score (nSPS) is 17.4. The van der Waals surface area contributed by atoms with Crippen LogP contribution in [-0.2, 0) is 9.59 Å². The van der Waals surface area contributed by atoms with Gasteiger partial charge in [-0.2, -0.15) is 0 Å². The Morgan fingerprint density at radius 1 is 1.46 bits per heavy atom. The summed E-state index contributed by atoms with van der Waals surface area (Å²) < 4.78 is 5.56. The Labute approximate surface area is 150 Å². The first-order valence-corrected chi connectivity index (χ1v) is 8.85. The Kier molecular flexibility index (Phi) is 6.39. The molecule has 1 N–H and O–H groups in total. The molecule has 1 heterocycles. The minimum atomic E-state index is -1.03. The van der Waals surface area contributed by atoms with Crippen LogP contribution in [0.5, 0.6) is 5.75 Å². The Morgan fingerprint density at radius 3 is 2.79 bits per heavy atom. The van der Waals surface area contributed by atoms with Crippen LogP contribution in [0.2, 0.25) is 0 Å². The van der Waals surface area contributed by atoms with Crippen molar-refractivity contribution in [1.82, 2.24) is 4.90 Å². The van der Waals surface area contributed by atoms with Gasteiger partial charge in [0.15, 0.2) is 0 Å². The molecule has 2 rings (SSSR count). The lowest BCUT2D eigenvalue weighted by molar-refractivity contribution is -0.145. The van der Waals surface area contributed by atoms with E-state index < -0.39 is 12.0 Å². The second-order valence-corrected chi connectivity index (χ2v) is 6.97. The van der Waals surface area contributed by atoms with E-state index in [2.05, 4.69) is 0 Å². The molecule has 1 aliphatic heterocycles. The lowest BCUT2D eigenvalue weighted by atomic mass is 10.1. The van der Waals surface area contributed by atoms with Crippen LogP contribution in [0, 0.1) is 0 Å². The van der Waals surface area contributed by atoms with E-state index in [4.69, 9.17) is 17.0 Å². The first-order chi connectivity index (χ1) is 11.5. The number of hydrogen-bond donors (Lipinski definition) is 1. The highest BCUT2D eigenvalue weighted by atomic mass is 32.2. The van der Waals surface area contributed by atoms with Crippen molar-refractivity contribution in [2.45, 2.75) is 32.2 Å². The van der Waals surface area contributed by atoms with Gasteiger partial charge in [-0.1, -0.05) is 61.9 Å². The number of thiocarbonyl (C=S) groups is 1. The van der Waals surface area contributed by atoms with E-state index in [1.54, 1.807) is 19.3 Å². The third-order valence-electron chi connectivity index (χ3n) is 3.68. The zero-order valence-electron chi connectivity index (χ0n) is 13.5. The molecule has 0 aromatic heterocycles. The van der Waals surface area contributed by atoms with Crippen molar-refractivity contribution in [3.8, 4) is 5.75 Å². The molecular weight excluding hydrogens is 346 g/mol. The van der Waals surface area contributed by atoms with Crippen LogP contribution in [0.25, 0.3) is 6.08 Å². The maximum atomic E-state index is 12.7. The molecule has 1 aromatic rings. The number of rotatable bonds is 7. The number of hydrogen-bond acceptors (Lipinski definition) is 5. The number of methoxy groups -OCH3 is 1. The summed E-state index contributed by atoms with van der Waals surface area (Å²) in [6.45, 7) is 1.98. The van der Waals surface area contributed by atoms with Crippen molar-refractivity contribution in [2.24, 2.45) is 0 Å². The minimum absolute atomic E-state index is 0.282. The molecule has 128 valence electrons. The topological polar surface area (TPSA) is 66.8 Å². The summed E-state index contributed by atoms with van der Waals surface area (Å²) in [7, 11) is 1.56. The monoisotopic (exact) mass is 365 g/mol. The van der Waals surface area contributed by atoms with E-state index in [1.807, 2.05) is 25.1 Å². The van der Waals surface area contributed by atoms with Crippen molar-refractivity contribution in [1.29, 1.82) is 0 Å². The summed E-state index contributed by atoms with van der Waals surface area (Å²) in [5, 5.41) is 9.45. The molecule has 1 aromatic carbocycles. The number of ether oxygens (including phenoxy) is 1. The average molecular weight is 365 g/mol. The number of unbranched alkanes of at least 4 members (excludes halogenated alkanes) is 1. The van der Waals surface area contributed by atoms with Crippen LogP contribution in [0.3, 0.4) is 0 Å². The van der Waals surface area contributed by atoms with Gasteiger partial charge in [0.05, 0.1) is 12.0 Å². The Bertz CT molecular complexity index is 687. The van der Waals surface area contributed by atoms with Crippen molar-refractivity contribution < 1.29 is 19.4 Å². The van der Waals surface area contributed by atoms with Crippen LogP contribution in [0.1, 0.15) is 31.7 Å². The molecule has 1 unspecified atom stereocenters. The summed E-state index contributed by atoms with van der Waals surface area (Å²) in [5.41, 5.74) is 0.751. The van der Waals surface area contributed by atoms with Gasteiger partial charge < -0.3 is 9.84 Å². The minimum Gasteiger partial charge on any atom is -0.496 e. The number of carboxylic acids is 1. The molecule has 0 bridgehead atoms. The molecule has 0 aliphatic carbocycles. The fourth-order valence-corrected chi connectivity index (χ4v) is 3.78. The molecule has 0 saturated carbocycles. The summed E-state index contributed by atoms with van der Waals surface area (Å²) in [5.74, 6) is -0.749. The van der Waals surface area contributed by atoms with Crippen LogP contribution in [-0.4, -0.2) is 39.4 Å². The molecule has 1 fully saturated rings. The summed E-state index contributed by atoms with van der Waals surface area (Å²) in [4.78, 5) is 25.9. The number of benzene rings is 1. The standard InChI is InChI=1S/C17H19NO4S2/c1-3-4-8-12(16(20)21)18-15(19)14(24-17(18)23)10-11-7-5-6-9-13(11)22-2/h5-7,9-10,12H,3-4,8H2,1-2H3,(H,20,21)/b14-10-. The molecular formula is C17H19NO4S2. The number of amides is 1. The molecule has 5 nitrogen and oxygen atoms in total. The molecule has 24 heavy (non-hydrogen) atoms. The highest BCUT2D eigenvalue weighted by Gasteiger charge is 2.40. The number of nitrogens with zero attached hydrogens (tertiary/aromatic N) is 1. The van der Waals surface area contributed by atoms with E-state index >= 15 is 0 Å². The van der Waals surface area contributed by atoms with Gasteiger partial charge in [0.1, 0.15) is 16.1 Å². The van der Waals surface area contributed by atoms with Gasteiger partial charge in [0, 0.05) is 5.56 Å². The maximum Gasteiger partial charge on any atom is 0.326 e. The Balaban J connectivity index is 2.30. The Hall–Kier alpha value is -1.86. The zero-order valence-corrected chi connectivity index (χ0v) is 15.2. The van der Waals surface area contributed by atoms with Gasteiger partial charge in [-0.15, -0.1) is 0 Å². The third kappa shape index (κ3) is 3.96. The lowest BCUT2D eigenvalue weighted by Crippen LogP contribution is -2.43. The molecule has 0 spiro atoms. The van der Waals surface area contributed by atoms with E-state index in [-0.39, 0.29) is 10.2 Å². The van der Waals surface area contributed by atoms with E-state index in [9.17, 15) is 14.7 Å². The van der Waals surface area contributed by atoms with Crippen LogP contribution in [0.4, 0.5) is 0 Å². The SMILES string of the molecule is CCCCC(C(=O)O)N1C(=O)/C(=C/c2ccccc2OC)SC1=S. The maximum absolute atomic E-state index is 12.7. The number of thioether (sulfide) groups is 1. The molecule has 1 saturated heterocycles. The van der Waals surface area contributed by atoms with Crippen molar-refractivity contribution in [3.63, 3.8) is 0 Å². The van der Waals surface area contributed by atoms with Gasteiger partial charge in [-0.3, -0.25) is 9.69 Å². The van der Waals surface area contributed by atoms with Crippen molar-refractivity contribution >= 4 is 46.3 Å². The number of aliphatic carboxylic acids is 1. The number of carbonyl (C=O) groups is 2. The fourth-order valence-electron chi connectivity index (χ4n) is 2.44. The van der Waals surface area contributed by atoms with Gasteiger partial charge in [0.25, 0.3) is 5.91 Å². The molecule has 1 amide bonds. The number of carbonyl (C=O) groups excluding carboxylic acids is 1. The molecule has 1 atom stereocenters. The summed E-state index contributed by atoms with van der Waals surface area (Å²) in [6.07, 6.45) is 3.66. The second-order valence-electron chi connectivity index (χ2n) is 5.29. The highest BCUT2D eigenvalue weighted by molar-refractivity contribution is 8.26.